The highest BCUT2D eigenvalue weighted by Gasteiger charge is 2.44. The maximum atomic E-state index is 11.2. The Labute approximate surface area is 153 Å². The van der Waals surface area contributed by atoms with Gasteiger partial charge in [-0.3, -0.25) is 4.90 Å². The average molecular weight is 352 g/mol. The summed E-state index contributed by atoms with van der Waals surface area (Å²) in [6.45, 7) is 2.96. The van der Waals surface area contributed by atoms with Gasteiger partial charge in [0.25, 0.3) is 0 Å². The summed E-state index contributed by atoms with van der Waals surface area (Å²) >= 11 is 0. The second kappa shape index (κ2) is 7.03. The van der Waals surface area contributed by atoms with Crippen molar-refractivity contribution in [2.75, 3.05) is 25.0 Å². The van der Waals surface area contributed by atoms with Gasteiger partial charge < -0.3 is 10.0 Å². The van der Waals surface area contributed by atoms with Crippen LogP contribution in [0.15, 0.2) is 42.6 Å². The van der Waals surface area contributed by atoms with Gasteiger partial charge in [-0.1, -0.05) is 12.1 Å². The Morgan fingerprint density at radius 3 is 2.92 bits per heavy atom. The molecule has 2 aromatic rings. The summed E-state index contributed by atoms with van der Waals surface area (Å²) in [5.74, 6) is 1.41. The van der Waals surface area contributed by atoms with E-state index in [0.717, 1.165) is 31.0 Å². The molecule has 1 aromatic heterocycles. The van der Waals surface area contributed by atoms with Gasteiger partial charge in [-0.2, -0.15) is 5.10 Å². The maximum Gasteiger partial charge on any atom is 0.335 e. The number of hydrogen-bond donors (Lipinski definition) is 1. The molecule has 4 rings (SSSR count). The minimum absolute atomic E-state index is 0.363. The molecule has 2 aliphatic rings. The van der Waals surface area contributed by atoms with E-state index >= 15 is 0 Å². The first kappa shape index (κ1) is 17.0. The summed E-state index contributed by atoms with van der Waals surface area (Å²) in [6, 6.07) is 11.7. The molecule has 6 nitrogen and oxygen atoms in total. The number of aromatic carboxylic acids is 1. The first-order valence-corrected chi connectivity index (χ1v) is 9.17. The number of carboxylic acid groups (broad SMARTS) is 1. The molecule has 0 bridgehead atoms. The van der Waals surface area contributed by atoms with Gasteiger partial charge in [0.1, 0.15) is 0 Å². The summed E-state index contributed by atoms with van der Waals surface area (Å²) < 4.78 is 0. The van der Waals surface area contributed by atoms with Crippen molar-refractivity contribution < 1.29 is 9.90 Å². The summed E-state index contributed by atoms with van der Waals surface area (Å²) in [5.41, 5.74) is 1.44. The van der Waals surface area contributed by atoms with Gasteiger partial charge in [-0.05, 0) is 54.5 Å². The van der Waals surface area contributed by atoms with Crippen LogP contribution in [0.5, 0.6) is 0 Å². The van der Waals surface area contributed by atoms with E-state index in [4.69, 9.17) is 0 Å². The molecule has 0 spiro atoms. The number of aromatic nitrogens is 2. The Morgan fingerprint density at radius 1 is 1.27 bits per heavy atom. The average Bonchev–Trinajstić information content (AvgIpc) is 3.22. The quantitative estimate of drug-likeness (QED) is 0.892. The first-order valence-electron chi connectivity index (χ1n) is 9.17. The van der Waals surface area contributed by atoms with Crippen molar-refractivity contribution in [2.24, 2.45) is 11.8 Å². The smallest absolute Gasteiger partial charge is 0.335 e. The first-order chi connectivity index (χ1) is 12.6. The van der Waals surface area contributed by atoms with Crippen molar-refractivity contribution in [3.8, 4) is 0 Å². The molecule has 1 saturated carbocycles. The minimum atomic E-state index is -0.865. The highest BCUT2D eigenvalue weighted by atomic mass is 16.4. The molecule has 1 aliphatic heterocycles. The second-order valence-corrected chi connectivity index (χ2v) is 7.46. The third-order valence-electron chi connectivity index (χ3n) is 5.89. The van der Waals surface area contributed by atoms with Gasteiger partial charge in [0, 0.05) is 38.9 Å². The van der Waals surface area contributed by atoms with Crippen LogP contribution in [-0.2, 0) is 6.54 Å². The van der Waals surface area contributed by atoms with Crippen LogP contribution in [0.1, 0.15) is 28.8 Å². The molecular weight excluding hydrogens is 328 g/mol. The normalized spacial score (nSPS) is 25.2. The van der Waals surface area contributed by atoms with Crippen LogP contribution in [0, 0.1) is 11.8 Å². The lowest BCUT2D eigenvalue weighted by molar-refractivity contribution is 0.0696. The largest absolute Gasteiger partial charge is 0.478 e. The number of carboxylic acids is 1. The molecule has 3 atom stereocenters. The summed E-state index contributed by atoms with van der Waals surface area (Å²) in [4.78, 5) is 15.9. The molecule has 136 valence electrons. The van der Waals surface area contributed by atoms with Gasteiger partial charge >= 0.3 is 5.97 Å². The number of nitrogens with zero attached hydrogens (tertiary/aromatic N) is 4. The number of benzene rings is 1. The Balaban J connectivity index is 1.43. The van der Waals surface area contributed by atoms with Crippen molar-refractivity contribution in [2.45, 2.75) is 25.4 Å². The zero-order valence-corrected chi connectivity index (χ0v) is 15.0. The van der Waals surface area contributed by atoms with Crippen molar-refractivity contribution >= 4 is 11.8 Å². The van der Waals surface area contributed by atoms with Gasteiger partial charge in [-0.25, -0.2) is 4.79 Å². The number of rotatable bonds is 5. The topological polar surface area (TPSA) is 69.6 Å². The van der Waals surface area contributed by atoms with E-state index in [1.165, 1.54) is 12.8 Å². The lowest BCUT2D eigenvalue weighted by Crippen LogP contribution is -2.38. The molecule has 0 unspecified atom stereocenters. The number of carbonyl (C=O) groups is 1. The van der Waals surface area contributed by atoms with Crippen LogP contribution in [0.3, 0.4) is 0 Å². The highest BCUT2D eigenvalue weighted by Crippen LogP contribution is 2.41. The van der Waals surface area contributed by atoms with Crippen LogP contribution in [-0.4, -0.2) is 52.4 Å². The third-order valence-corrected chi connectivity index (χ3v) is 5.89. The lowest BCUT2D eigenvalue weighted by atomic mass is 9.97. The van der Waals surface area contributed by atoms with E-state index in [0.29, 0.717) is 23.4 Å². The number of fused-ring (bicyclic) bond motifs is 1. The molecular formula is C20H24N4O2. The fraction of sp³-hybridized carbons (Fsp3) is 0.450. The van der Waals surface area contributed by atoms with Crippen molar-refractivity contribution in [1.29, 1.82) is 0 Å². The van der Waals surface area contributed by atoms with Crippen LogP contribution < -0.4 is 4.90 Å². The minimum Gasteiger partial charge on any atom is -0.478 e. The standard InChI is InChI=1S/C20H24N4O2/c1-23(19-6-3-9-21-22-19)18-8-7-16-12-24(13-17(16)18)11-14-4-2-5-15(10-14)20(25)26/h2-6,9-10,16-18H,7-8,11-13H2,1H3,(H,25,26)/t16-,17+,18-/m1/s1. The van der Waals surface area contributed by atoms with Gasteiger partial charge in [0.2, 0.25) is 0 Å². The Hall–Kier alpha value is -2.47. The van der Waals surface area contributed by atoms with E-state index < -0.39 is 5.97 Å². The van der Waals surface area contributed by atoms with E-state index in [1.807, 2.05) is 24.3 Å². The van der Waals surface area contributed by atoms with E-state index in [9.17, 15) is 9.90 Å². The van der Waals surface area contributed by atoms with Crippen molar-refractivity contribution in [3.05, 3.63) is 53.7 Å². The van der Waals surface area contributed by atoms with Crippen molar-refractivity contribution in [3.63, 3.8) is 0 Å². The van der Waals surface area contributed by atoms with Crippen LogP contribution >= 0.6 is 0 Å². The SMILES string of the molecule is CN(c1cccnn1)[C@@H]1CC[C@@H]2CN(Cc3cccc(C(=O)O)c3)C[C@@H]21. The molecule has 1 aromatic carbocycles. The van der Waals surface area contributed by atoms with Gasteiger partial charge in [0.15, 0.2) is 5.82 Å². The molecule has 1 aliphatic carbocycles. The van der Waals surface area contributed by atoms with Gasteiger partial charge in [0.05, 0.1) is 5.56 Å². The van der Waals surface area contributed by atoms with Crippen LogP contribution in [0.2, 0.25) is 0 Å². The number of anilines is 1. The number of hydrogen-bond acceptors (Lipinski definition) is 5. The Bertz CT molecular complexity index is 782. The van der Waals surface area contributed by atoms with Crippen LogP contribution in [0.4, 0.5) is 5.82 Å². The predicted molar refractivity (Wildman–Crippen MR) is 99.1 cm³/mol. The fourth-order valence-electron chi connectivity index (χ4n) is 4.65. The van der Waals surface area contributed by atoms with Crippen molar-refractivity contribution in [1.82, 2.24) is 15.1 Å². The molecule has 0 radical (unpaired) electrons. The maximum absolute atomic E-state index is 11.2. The summed E-state index contributed by atoms with van der Waals surface area (Å²) in [7, 11) is 2.12. The molecule has 1 saturated heterocycles. The Kier molecular flexibility index (Phi) is 4.59. The van der Waals surface area contributed by atoms with Gasteiger partial charge in [-0.15, -0.1) is 5.10 Å². The lowest BCUT2D eigenvalue weighted by Gasteiger charge is -2.30. The van der Waals surface area contributed by atoms with E-state index in [2.05, 4.69) is 27.0 Å². The Morgan fingerprint density at radius 2 is 2.15 bits per heavy atom. The summed E-state index contributed by atoms with van der Waals surface area (Å²) in [6.07, 6.45) is 4.15. The highest BCUT2D eigenvalue weighted by molar-refractivity contribution is 5.87. The molecule has 2 heterocycles. The zero-order chi connectivity index (χ0) is 18.1. The molecule has 2 fully saturated rings. The number of likely N-dealkylation sites (tertiary alicyclic amines) is 1. The van der Waals surface area contributed by atoms with E-state index in [-0.39, 0.29) is 0 Å². The second-order valence-electron chi connectivity index (χ2n) is 7.46. The third kappa shape index (κ3) is 3.29. The molecule has 1 N–H and O–H groups in total. The van der Waals surface area contributed by atoms with E-state index in [1.54, 1.807) is 18.3 Å². The molecule has 0 amide bonds. The monoisotopic (exact) mass is 352 g/mol. The zero-order valence-electron chi connectivity index (χ0n) is 15.0. The van der Waals surface area contributed by atoms with Crippen LogP contribution in [0.25, 0.3) is 0 Å². The molecule has 26 heavy (non-hydrogen) atoms. The predicted octanol–water partition coefficient (Wildman–Crippen LogP) is 2.52. The molecule has 6 heteroatoms. The summed E-state index contributed by atoms with van der Waals surface area (Å²) in [5, 5.41) is 17.4. The fourth-order valence-corrected chi connectivity index (χ4v) is 4.65.